The van der Waals surface area contributed by atoms with Gasteiger partial charge in [-0.05, 0) is 55.8 Å². The number of aromatic nitrogens is 6. The van der Waals surface area contributed by atoms with E-state index in [1.54, 1.807) is 12.3 Å². The SMILES string of the molecule is Fc1cccc(-c2ccnc3nc(-c4n[nH]c5cnc(C6CCNCC6)cc45)[nH]c23)c1. The number of aromatic amines is 2. The Kier molecular flexibility index (Phi) is 4.24. The zero-order valence-electron chi connectivity index (χ0n) is 16.7. The van der Waals surface area contributed by atoms with Crippen molar-refractivity contribution < 1.29 is 4.39 Å². The van der Waals surface area contributed by atoms with Crippen LogP contribution in [-0.2, 0) is 0 Å². The smallest absolute Gasteiger partial charge is 0.178 e. The molecule has 1 saturated heterocycles. The van der Waals surface area contributed by atoms with Crippen LogP contribution in [0.25, 0.3) is 44.7 Å². The molecule has 1 fully saturated rings. The molecule has 0 aliphatic carbocycles. The van der Waals surface area contributed by atoms with Gasteiger partial charge in [0, 0.05) is 28.8 Å². The Morgan fingerprint density at radius 1 is 1.03 bits per heavy atom. The molecule has 1 aliphatic heterocycles. The fourth-order valence-electron chi connectivity index (χ4n) is 4.37. The Morgan fingerprint density at radius 2 is 1.94 bits per heavy atom. The Balaban J connectivity index is 1.47. The van der Waals surface area contributed by atoms with Crippen LogP contribution < -0.4 is 5.32 Å². The van der Waals surface area contributed by atoms with Gasteiger partial charge in [0.1, 0.15) is 11.5 Å². The van der Waals surface area contributed by atoms with Crippen molar-refractivity contribution in [2.45, 2.75) is 18.8 Å². The van der Waals surface area contributed by atoms with Crippen LogP contribution in [0.2, 0.25) is 0 Å². The molecule has 4 aromatic heterocycles. The minimum absolute atomic E-state index is 0.279. The van der Waals surface area contributed by atoms with E-state index in [1.165, 1.54) is 12.1 Å². The van der Waals surface area contributed by atoms with E-state index in [-0.39, 0.29) is 5.82 Å². The summed E-state index contributed by atoms with van der Waals surface area (Å²) in [7, 11) is 0. The second-order valence-corrected chi connectivity index (χ2v) is 7.90. The molecule has 0 spiro atoms. The number of piperidine rings is 1. The highest BCUT2D eigenvalue weighted by Gasteiger charge is 2.20. The van der Waals surface area contributed by atoms with E-state index in [2.05, 4.69) is 41.5 Å². The first-order valence-corrected chi connectivity index (χ1v) is 10.4. The van der Waals surface area contributed by atoms with Gasteiger partial charge in [0.05, 0.1) is 17.2 Å². The lowest BCUT2D eigenvalue weighted by molar-refractivity contribution is 0.453. The normalized spacial score (nSPS) is 15.1. The summed E-state index contributed by atoms with van der Waals surface area (Å²) < 4.78 is 13.8. The van der Waals surface area contributed by atoms with Crippen LogP contribution in [0.5, 0.6) is 0 Å². The van der Waals surface area contributed by atoms with Gasteiger partial charge in [0.25, 0.3) is 0 Å². The minimum atomic E-state index is -0.279. The molecule has 0 bridgehead atoms. The highest BCUT2D eigenvalue weighted by Crippen LogP contribution is 2.32. The number of pyridine rings is 2. The zero-order valence-corrected chi connectivity index (χ0v) is 16.7. The first kappa shape index (κ1) is 18.1. The van der Waals surface area contributed by atoms with E-state index in [4.69, 9.17) is 0 Å². The van der Waals surface area contributed by atoms with E-state index >= 15 is 0 Å². The third-order valence-electron chi connectivity index (χ3n) is 5.98. The number of halogens is 1. The predicted octanol–water partition coefficient (Wildman–Crippen LogP) is 4.17. The van der Waals surface area contributed by atoms with Gasteiger partial charge in [0.2, 0.25) is 0 Å². The molecule has 0 unspecified atom stereocenters. The molecule has 31 heavy (non-hydrogen) atoms. The van der Waals surface area contributed by atoms with Crippen LogP contribution in [-0.4, -0.2) is 43.2 Å². The molecule has 0 atom stereocenters. The van der Waals surface area contributed by atoms with Crippen molar-refractivity contribution in [3.05, 3.63) is 60.3 Å². The lowest BCUT2D eigenvalue weighted by Crippen LogP contribution is -2.27. The van der Waals surface area contributed by atoms with Gasteiger partial charge >= 0.3 is 0 Å². The molecule has 8 heteroatoms. The molecule has 0 saturated carbocycles. The van der Waals surface area contributed by atoms with Crippen molar-refractivity contribution in [2.24, 2.45) is 0 Å². The summed E-state index contributed by atoms with van der Waals surface area (Å²) >= 11 is 0. The molecule has 0 radical (unpaired) electrons. The number of hydrogen-bond donors (Lipinski definition) is 3. The van der Waals surface area contributed by atoms with Crippen LogP contribution in [0.4, 0.5) is 4.39 Å². The Bertz CT molecular complexity index is 1400. The fraction of sp³-hybridized carbons (Fsp3) is 0.217. The number of benzene rings is 1. The highest BCUT2D eigenvalue weighted by atomic mass is 19.1. The topological polar surface area (TPSA) is 95.2 Å². The Labute approximate surface area is 177 Å². The molecular formula is C23H20FN7. The van der Waals surface area contributed by atoms with Crippen LogP contribution in [0.15, 0.2) is 48.8 Å². The van der Waals surface area contributed by atoms with E-state index in [0.29, 0.717) is 17.4 Å². The summed E-state index contributed by atoms with van der Waals surface area (Å²) in [4.78, 5) is 17.1. The summed E-state index contributed by atoms with van der Waals surface area (Å²) in [6.07, 6.45) is 5.70. The fourth-order valence-corrected chi connectivity index (χ4v) is 4.37. The maximum atomic E-state index is 13.8. The van der Waals surface area contributed by atoms with Crippen molar-refractivity contribution >= 4 is 22.1 Å². The summed E-state index contributed by atoms with van der Waals surface area (Å²) in [6, 6.07) is 10.5. The number of rotatable bonds is 3. The molecule has 5 heterocycles. The maximum absolute atomic E-state index is 13.8. The second kappa shape index (κ2) is 7.24. The molecule has 6 rings (SSSR count). The average Bonchev–Trinajstić information content (AvgIpc) is 3.43. The minimum Gasteiger partial charge on any atom is -0.335 e. The molecule has 5 aromatic rings. The van der Waals surface area contributed by atoms with E-state index < -0.39 is 0 Å². The quantitative estimate of drug-likeness (QED) is 0.413. The highest BCUT2D eigenvalue weighted by molar-refractivity contribution is 5.95. The van der Waals surface area contributed by atoms with Crippen LogP contribution in [0.1, 0.15) is 24.5 Å². The molecule has 1 aliphatic rings. The summed E-state index contributed by atoms with van der Waals surface area (Å²) in [5.74, 6) is 0.795. The van der Waals surface area contributed by atoms with Crippen molar-refractivity contribution in [2.75, 3.05) is 13.1 Å². The molecule has 154 valence electrons. The van der Waals surface area contributed by atoms with Gasteiger partial charge in [-0.25, -0.2) is 14.4 Å². The van der Waals surface area contributed by atoms with Crippen molar-refractivity contribution in [3.8, 4) is 22.6 Å². The van der Waals surface area contributed by atoms with Gasteiger partial charge in [-0.2, -0.15) is 5.10 Å². The monoisotopic (exact) mass is 413 g/mol. The lowest BCUT2D eigenvalue weighted by atomic mass is 9.93. The number of H-pyrrole nitrogens is 2. The van der Waals surface area contributed by atoms with Crippen molar-refractivity contribution in [1.82, 2.24) is 35.5 Å². The standard InChI is InChI=1S/C23H20FN7/c24-15-3-1-2-14(10-15)16-6-9-26-22-20(16)28-23(29-22)21-17-11-18(13-4-7-25-8-5-13)27-12-19(17)30-31-21/h1-3,6,9-13,25H,4-5,7-8H2,(H,30,31)(H,26,28,29). The zero-order chi connectivity index (χ0) is 20.8. The molecule has 1 aromatic carbocycles. The number of fused-ring (bicyclic) bond motifs is 2. The van der Waals surface area contributed by atoms with E-state index in [9.17, 15) is 4.39 Å². The number of nitrogens with zero attached hydrogens (tertiary/aromatic N) is 4. The Morgan fingerprint density at radius 3 is 2.81 bits per heavy atom. The molecule has 0 amide bonds. The van der Waals surface area contributed by atoms with Crippen molar-refractivity contribution in [1.29, 1.82) is 0 Å². The maximum Gasteiger partial charge on any atom is 0.178 e. The van der Waals surface area contributed by atoms with Gasteiger partial charge < -0.3 is 10.3 Å². The molecule has 3 N–H and O–H groups in total. The average molecular weight is 413 g/mol. The third kappa shape index (κ3) is 3.16. The van der Waals surface area contributed by atoms with Crippen molar-refractivity contribution in [3.63, 3.8) is 0 Å². The number of hydrogen-bond acceptors (Lipinski definition) is 5. The van der Waals surface area contributed by atoms with Crippen LogP contribution in [0.3, 0.4) is 0 Å². The first-order valence-electron chi connectivity index (χ1n) is 10.4. The van der Waals surface area contributed by atoms with E-state index in [0.717, 1.165) is 64.9 Å². The summed E-state index contributed by atoms with van der Waals surface area (Å²) in [5.41, 5.74) is 5.63. The van der Waals surface area contributed by atoms with Crippen LogP contribution >= 0.6 is 0 Å². The summed E-state index contributed by atoms with van der Waals surface area (Å²) in [5, 5.41) is 11.9. The number of nitrogens with one attached hydrogen (secondary N) is 3. The lowest BCUT2D eigenvalue weighted by Gasteiger charge is -2.21. The van der Waals surface area contributed by atoms with Gasteiger partial charge in [-0.15, -0.1) is 0 Å². The van der Waals surface area contributed by atoms with Gasteiger partial charge in [-0.3, -0.25) is 10.1 Å². The predicted molar refractivity (Wildman–Crippen MR) is 117 cm³/mol. The van der Waals surface area contributed by atoms with E-state index in [1.807, 2.05) is 18.3 Å². The van der Waals surface area contributed by atoms with Gasteiger partial charge in [-0.1, -0.05) is 12.1 Å². The largest absolute Gasteiger partial charge is 0.335 e. The third-order valence-corrected chi connectivity index (χ3v) is 5.98. The molecule has 7 nitrogen and oxygen atoms in total. The molecular weight excluding hydrogens is 393 g/mol. The number of imidazole rings is 1. The van der Waals surface area contributed by atoms with Crippen LogP contribution in [0, 0.1) is 5.82 Å². The second-order valence-electron chi connectivity index (χ2n) is 7.90. The summed E-state index contributed by atoms with van der Waals surface area (Å²) in [6.45, 7) is 2.03. The first-order chi connectivity index (χ1) is 15.3. The Hall–Kier alpha value is -3.65. The van der Waals surface area contributed by atoms with Gasteiger partial charge in [0.15, 0.2) is 11.5 Å².